The summed E-state index contributed by atoms with van der Waals surface area (Å²) < 4.78 is 1.86. The van der Waals surface area contributed by atoms with Gasteiger partial charge in [-0.25, -0.2) is 0 Å². The second-order valence-electron chi connectivity index (χ2n) is 5.75. The molecule has 0 radical (unpaired) electrons. The molecule has 1 atom stereocenters. The molecule has 4 nitrogen and oxygen atoms in total. The SMILES string of the molecule is Cc1nn(C)c(C)c1CC(=O)N1CCCC1c1ccsc1. The minimum absolute atomic E-state index is 0.225. The molecule has 0 aliphatic carbocycles. The molecule has 0 aromatic carbocycles. The van der Waals surface area contributed by atoms with Crippen molar-refractivity contribution in [2.45, 2.75) is 39.2 Å². The minimum Gasteiger partial charge on any atom is -0.335 e. The number of likely N-dealkylation sites (tertiary alicyclic amines) is 1. The van der Waals surface area contributed by atoms with Crippen LogP contribution in [-0.2, 0) is 18.3 Å². The zero-order valence-electron chi connectivity index (χ0n) is 12.8. The van der Waals surface area contributed by atoms with Crippen molar-refractivity contribution in [3.05, 3.63) is 39.3 Å². The number of hydrogen-bond donors (Lipinski definition) is 0. The molecular weight excluding hydrogens is 282 g/mol. The lowest BCUT2D eigenvalue weighted by Gasteiger charge is -2.24. The van der Waals surface area contributed by atoms with Gasteiger partial charge in [0.25, 0.3) is 0 Å². The summed E-state index contributed by atoms with van der Waals surface area (Å²) >= 11 is 1.70. The van der Waals surface area contributed by atoms with Crippen LogP contribution in [0.2, 0.25) is 0 Å². The van der Waals surface area contributed by atoms with E-state index in [9.17, 15) is 4.79 Å². The van der Waals surface area contributed by atoms with E-state index < -0.39 is 0 Å². The number of nitrogens with zero attached hydrogens (tertiary/aromatic N) is 3. The van der Waals surface area contributed by atoms with E-state index in [0.717, 1.165) is 36.3 Å². The first kappa shape index (κ1) is 14.3. The highest BCUT2D eigenvalue weighted by Crippen LogP contribution is 2.33. The lowest BCUT2D eigenvalue weighted by Crippen LogP contribution is -2.31. The lowest BCUT2D eigenvalue weighted by molar-refractivity contribution is -0.131. The van der Waals surface area contributed by atoms with E-state index in [1.807, 2.05) is 30.5 Å². The van der Waals surface area contributed by atoms with Crippen LogP contribution in [0.5, 0.6) is 0 Å². The first-order valence-corrected chi connectivity index (χ1v) is 8.33. The largest absolute Gasteiger partial charge is 0.335 e. The van der Waals surface area contributed by atoms with Crippen molar-refractivity contribution in [2.24, 2.45) is 7.05 Å². The van der Waals surface area contributed by atoms with E-state index in [2.05, 4.69) is 21.9 Å². The van der Waals surface area contributed by atoms with Gasteiger partial charge in [0.2, 0.25) is 5.91 Å². The van der Waals surface area contributed by atoms with Gasteiger partial charge in [-0.15, -0.1) is 0 Å². The Morgan fingerprint density at radius 2 is 2.29 bits per heavy atom. The highest BCUT2D eigenvalue weighted by molar-refractivity contribution is 7.07. The van der Waals surface area contributed by atoms with Gasteiger partial charge in [0.05, 0.1) is 18.2 Å². The first-order chi connectivity index (χ1) is 10.1. The fraction of sp³-hybridized carbons (Fsp3) is 0.500. The summed E-state index contributed by atoms with van der Waals surface area (Å²) in [7, 11) is 1.93. The molecule has 0 bridgehead atoms. The Bertz CT molecular complexity index is 645. The number of thiophene rings is 1. The smallest absolute Gasteiger partial charge is 0.227 e. The van der Waals surface area contributed by atoms with Crippen LogP contribution in [0.25, 0.3) is 0 Å². The Kier molecular flexibility index (Phi) is 3.85. The van der Waals surface area contributed by atoms with Crippen molar-refractivity contribution < 1.29 is 4.79 Å². The number of carbonyl (C=O) groups is 1. The van der Waals surface area contributed by atoms with Crippen molar-refractivity contribution in [3.8, 4) is 0 Å². The maximum Gasteiger partial charge on any atom is 0.227 e. The third-order valence-electron chi connectivity index (χ3n) is 4.49. The van der Waals surface area contributed by atoms with Crippen LogP contribution in [0.3, 0.4) is 0 Å². The monoisotopic (exact) mass is 303 g/mol. The van der Waals surface area contributed by atoms with Crippen LogP contribution in [0, 0.1) is 13.8 Å². The Balaban J connectivity index is 1.79. The second kappa shape index (κ2) is 5.64. The van der Waals surface area contributed by atoms with E-state index in [0.29, 0.717) is 6.42 Å². The van der Waals surface area contributed by atoms with Crippen molar-refractivity contribution in [3.63, 3.8) is 0 Å². The summed E-state index contributed by atoms with van der Waals surface area (Å²) in [5.74, 6) is 0.225. The van der Waals surface area contributed by atoms with Crippen LogP contribution in [0.1, 0.15) is 41.4 Å². The van der Waals surface area contributed by atoms with Crippen molar-refractivity contribution in [1.82, 2.24) is 14.7 Å². The summed E-state index contributed by atoms with van der Waals surface area (Å²) in [6.45, 7) is 4.89. The molecule has 1 aliphatic rings. The Morgan fingerprint density at radius 1 is 1.48 bits per heavy atom. The lowest BCUT2D eigenvalue weighted by atomic mass is 10.1. The number of carbonyl (C=O) groups excluding carboxylic acids is 1. The first-order valence-electron chi connectivity index (χ1n) is 7.38. The molecule has 1 saturated heterocycles. The molecule has 1 aliphatic heterocycles. The third kappa shape index (κ3) is 2.62. The Morgan fingerprint density at radius 3 is 2.90 bits per heavy atom. The summed E-state index contributed by atoms with van der Waals surface area (Å²) in [4.78, 5) is 14.8. The van der Waals surface area contributed by atoms with Crippen LogP contribution < -0.4 is 0 Å². The predicted molar refractivity (Wildman–Crippen MR) is 84.4 cm³/mol. The maximum absolute atomic E-state index is 12.7. The molecular formula is C16H21N3OS. The molecule has 1 unspecified atom stereocenters. The topological polar surface area (TPSA) is 38.1 Å². The third-order valence-corrected chi connectivity index (χ3v) is 5.19. The van der Waals surface area contributed by atoms with Crippen molar-refractivity contribution >= 4 is 17.2 Å². The molecule has 1 amide bonds. The molecule has 1 fully saturated rings. The molecule has 21 heavy (non-hydrogen) atoms. The molecule has 112 valence electrons. The quantitative estimate of drug-likeness (QED) is 0.874. The second-order valence-corrected chi connectivity index (χ2v) is 6.53. The average Bonchev–Trinajstić information content (AvgIpc) is 3.15. The maximum atomic E-state index is 12.7. The van der Waals surface area contributed by atoms with E-state index >= 15 is 0 Å². The van der Waals surface area contributed by atoms with Crippen LogP contribution >= 0.6 is 11.3 Å². The van der Waals surface area contributed by atoms with Gasteiger partial charge < -0.3 is 4.90 Å². The highest BCUT2D eigenvalue weighted by atomic mass is 32.1. The Labute approximate surface area is 129 Å². The minimum atomic E-state index is 0.225. The number of aryl methyl sites for hydroxylation is 2. The highest BCUT2D eigenvalue weighted by Gasteiger charge is 2.30. The number of rotatable bonds is 3. The van der Waals surface area contributed by atoms with Gasteiger partial charge in [-0.05, 0) is 49.1 Å². The van der Waals surface area contributed by atoms with Gasteiger partial charge in [0.15, 0.2) is 0 Å². The number of hydrogen-bond acceptors (Lipinski definition) is 3. The zero-order valence-corrected chi connectivity index (χ0v) is 13.6. The normalized spacial score (nSPS) is 18.4. The molecule has 2 aromatic rings. The van der Waals surface area contributed by atoms with Crippen LogP contribution in [0.15, 0.2) is 16.8 Å². The van der Waals surface area contributed by atoms with E-state index in [1.54, 1.807) is 11.3 Å². The molecule has 3 rings (SSSR count). The molecule has 0 N–H and O–H groups in total. The van der Waals surface area contributed by atoms with E-state index in [4.69, 9.17) is 0 Å². The van der Waals surface area contributed by atoms with Gasteiger partial charge >= 0.3 is 0 Å². The molecule has 3 heterocycles. The summed E-state index contributed by atoms with van der Waals surface area (Å²) in [5, 5.41) is 8.66. The number of aromatic nitrogens is 2. The van der Waals surface area contributed by atoms with Crippen molar-refractivity contribution in [1.29, 1.82) is 0 Å². The average molecular weight is 303 g/mol. The van der Waals surface area contributed by atoms with Crippen molar-refractivity contribution in [2.75, 3.05) is 6.54 Å². The summed E-state index contributed by atoms with van der Waals surface area (Å²) in [5.41, 5.74) is 4.42. The fourth-order valence-corrected chi connectivity index (χ4v) is 3.91. The van der Waals surface area contributed by atoms with Crippen LogP contribution in [-0.4, -0.2) is 27.1 Å². The van der Waals surface area contributed by atoms with Gasteiger partial charge in [-0.1, -0.05) is 0 Å². The number of amides is 1. The summed E-state index contributed by atoms with van der Waals surface area (Å²) in [6, 6.07) is 2.41. The van der Waals surface area contributed by atoms with Gasteiger partial charge in [0, 0.05) is 24.8 Å². The van der Waals surface area contributed by atoms with Gasteiger partial charge in [-0.3, -0.25) is 9.48 Å². The standard InChI is InChI=1S/C16H21N3OS/c1-11-14(12(2)18(3)17-11)9-16(20)19-7-4-5-15(19)13-6-8-21-10-13/h6,8,10,15H,4-5,7,9H2,1-3H3. The van der Waals surface area contributed by atoms with Gasteiger partial charge in [0.1, 0.15) is 0 Å². The zero-order chi connectivity index (χ0) is 15.0. The molecule has 2 aromatic heterocycles. The van der Waals surface area contributed by atoms with E-state index in [1.165, 1.54) is 5.56 Å². The fourth-order valence-electron chi connectivity index (χ4n) is 3.20. The van der Waals surface area contributed by atoms with Gasteiger partial charge in [-0.2, -0.15) is 16.4 Å². The molecule has 5 heteroatoms. The van der Waals surface area contributed by atoms with E-state index in [-0.39, 0.29) is 11.9 Å². The molecule has 0 saturated carbocycles. The Hall–Kier alpha value is -1.62. The van der Waals surface area contributed by atoms with Crippen LogP contribution in [0.4, 0.5) is 0 Å². The predicted octanol–water partition coefficient (Wildman–Crippen LogP) is 3.00. The molecule has 0 spiro atoms. The summed E-state index contributed by atoms with van der Waals surface area (Å²) in [6.07, 6.45) is 2.64.